The van der Waals surface area contributed by atoms with Crippen molar-refractivity contribution in [1.82, 2.24) is 0 Å². The molecule has 1 aromatic rings. The molecule has 18 heavy (non-hydrogen) atoms. The van der Waals surface area contributed by atoms with E-state index in [1.165, 1.54) is 6.07 Å². The van der Waals surface area contributed by atoms with Crippen molar-refractivity contribution in [2.24, 2.45) is 0 Å². The van der Waals surface area contributed by atoms with E-state index in [1.807, 2.05) is 19.9 Å². The van der Waals surface area contributed by atoms with Gasteiger partial charge in [-0.3, -0.25) is 0 Å². The van der Waals surface area contributed by atoms with Gasteiger partial charge in [0.05, 0.1) is 6.61 Å². The number of benzene rings is 1. The van der Waals surface area contributed by atoms with Crippen molar-refractivity contribution < 1.29 is 18.6 Å². The van der Waals surface area contributed by atoms with E-state index in [1.54, 1.807) is 6.07 Å². The predicted molar refractivity (Wildman–Crippen MR) is 64.0 cm³/mol. The number of fused-ring (bicyclic) bond motifs is 1. The maximum atomic E-state index is 13.6. The Morgan fingerprint density at radius 2 is 2.11 bits per heavy atom. The highest BCUT2D eigenvalue weighted by Crippen LogP contribution is 2.34. The first kappa shape index (κ1) is 11.9. The van der Waals surface area contributed by atoms with Gasteiger partial charge in [-0.05, 0) is 38.8 Å². The number of hydrogen-bond acceptors (Lipinski definition) is 3. The van der Waals surface area contributed by atoms with E-state index in [4.69, 9.17) is 14.2 Å². The van der Waals surface area contributed by atoms with E-state index < -0.39 is 5.79 Å². The molecule has 0 radical (unpaired) electrons. The molecule has 0 aromatic heterocycles. The summed E-state index contributed by atoms with van der Waals surface area (Å²) in [5.41, 5.74) is 0.673. The third kappa shape index (κ3) is 2.10. The van der Waals surface area contributed by atoms with E-state index in [2.05, 4.69) is 0 Å². The predicted octanol–water partition coefficient (Wildman–Crippen LogP) is 2.67. The Balaban J connectivity index is 1.76. The fourth-order valence-electron chi connectivity index (χ4n) is 2.56. The number of hydrogen-bond donors (Lipinski definition) is 0. The molecule has 2 aliphatic rings. The third-order valence-electron chi connectivity index (χ3n) is 3.48. The monoisotopic (exact) mass is 252 g/mol. The van der Waals surface area contributed by atoms with Crippen LogP contribution >= 0.6 is 0 Å². The minimum absolute atomic E-state index is 0.0546. The van der Waals surface area contributed by atoms with Crippen LogP contribution in [0.25, 0.3) is 0 Å². The van der Waals surface area contributed by atoms with Gasteiger partial charge in [-0.15, -0.1) is 0 Å². The van der Waals surface area contributed by atoms with E-state index >= 15 is 0 Å². The van der Waals surface area contributed by atoms with Gasteiger partial charge < -0.3 is 14.2 Å². The van der Waals surface area contributed by atoms with Crippen LogP contribution in [-0.2, 0) is 15.9 Å². The van der Waals surface area contributed by atoms with Crippen LogP contribution in [0.4, 0.5) is 4.39 Å². The van der Waals surface area contributed by atoms with Gasteiger partial charge in [0.1, 0.15) is 23.8 Å². The lowest BCUT2D eigenvalue weighted by atomic mass is 9.99. The molecule has 3 nitrogen and oxygen atoms in total. The Kier molecular flexibility index (Phi) is 2.79. The zero-order valence-electron chi connectivity index (χ0n) is 10.6. The lowest BCUT2D eigenvalue weighted by Gasteiger charge is -2.30. The number of halogens is 1. The molecule has 0 N–H and O–H groups in total. The standard InChI is InChI=1S/C14H17FO3/c1-14(2)16-8-13(18-14)12-7-6-9-10(15)4-3-5-11(9)17-12/h3-5,12-13H,6-8H2,1-2H3/t12-,13-/m0/s1. The summed E-state index contributed by atoms with van der Waals surface area (Å²) in [6, 6.07) is 4.96. The van der Waals surface area contributed by atoms with Gasteiger partial charge in [-0.1, -0.05) is 6.07 Å². The van der Waals surface area contributed by atoms with Crippen molar-refractivity contribution in [3.63, 3.8) is 0 Å². The number of ether oxygens (including phenoxy) is 3. The van der Waals surface area contributed by atoms with Crippen LogP contribution < -0.4 is 4.74 Å². The molecule has 0 amide bonds. The highest BCUT2D eigenvalue weighted by atomic mass is 19.1. The molecule has 1 fully saturated rings. The van der Waals surface area contributed by atoms with Crippen LogP contribution in [0.15, 0.2) is 18.2 Å². The minimum atomic E-state index is -0.545. The summed E-state index contributed by atoms with van der Waals surface area (Å²) in [5, 5.41) is 0. The lowest BCUT2D eigenvalue weighted by molar-refractivity contribution is -0.149. The fraction of sp³-hybridized carbons (Fsp3) is 0.571. The van der Waals surface area contributed by atoms with E-state index in [9.17, 15) is 4.39 Å². The average Bonchev–Trinajstić information content (AvgIpc) is 2.70. The topological polar surface area (TPSA) is 27.7 Å². The summed E-state index contributed by atoms with van der Waals surface area (Å²) in [6.45, 7) is 4.31. The Labute approximate surface area is 106 Å². The van der Waals surface area contributed by atoms with Gasteiger partial charge in [-0.2, -0.15) is 0 Å². The molecular weight excluding hydrogens is 235 g/mol. The second-order valence-corrected chi connectivity index (χ2v) is 5.28. The molecule has 0 spiro atoms. The fourth-order valence-corrected chi connectivity index (χ4v) is 2.56. The molecule has 98 valence electrons. The summed E-state index contributed by atoms with van der Waals surface area (Å²) >= 11 is 0. The smallest absolute Gasteiger partial charge is 0.163 e. The number of rotatable bonds is 1. The Bertz CT molecular complexity index is 458. The van der Waals surface area contributed by atoms with Crippen molar-refractivity contribution in [2.45, 2.75) is 44.7 Å². The molecule has 2 heterocycles. The van der Waals surface area contributed by atoms with Crippen LogP contribution in [0, 0.1) is 5.82 Å². The van der Waals surface area contributed by atoms with Crippen molar-refractivity contribution in [1.29, 1.82) is 0 Å². The van der Waals surface area contributed by atoms with Crippen molar-refractivity contribution in [3.05, 3.63) is 29.6 Å². The Morgan fingerprint density at radius 3 is 2.83 bits per heavy atom. The second kappa shape index (κ2) is 4.21. The van der Waals surface area contributed by atoms with Gasteiger partial charge in [0.25, 0.3) is 0 Å². The van der Waals surface area contributed by atoms with E-state index in [0.29, 0.717) is 24.3 Å². The highest BCUT2D eigenvalue weighted by molar-refractivity contribution is 5.36. The zero-order valence-corrected chi connectivity index (χ0v) is 10.6. The zero-order chi connectivity index (χ0) is 12.8. The average molecular weight is 252 g/mol. The van der Waals surface area contributed by atoms with Crippen LogP contribution in [0.3, 0.4) is 0 Å². The molecule has 0 aliphatic carbocycles. The Morgan fingerprint density at radius 1 is 1.28 bits per heavy atom. The van der Waals surface area contributed by atoms with Crippen molar-refractivity contribution in [3.8, 4) is 5.75 Å². The van der Waals surface area contributed by atoms with E-state index in [-0.39, 0.29) is 18.0 Å². The third-order valence-corrected chi connectivity index (χ3v) is 3.48. The normalized spacial score (nSPS) is 29.7. The summed E-state index contributed by atoms with van der Waals surface area (Å²) in [5.74, 6) is -0.0922. The van der Waals surface area contributed by atoms with Crippen LogP contribution in [0.5, 0.6) is 5.75 Å². The molecule has 0 unspecified atom stereocenters. The van der Waals surface area contributed by atoms with E-state index in [0.717, 1.165) is 6.42 Å². The SMILES string of the molecule is CC1(C)OC[C@@H]([C@@H]2CCc3c(F)cccc3O2)O1. The first-order chi connectivity index (χ1) is 8.55. The summed E-state index contributed by atoms with van der Waals surface area (Å²) < 4.78 is 30.7. The quantitative estimate of drug-likeness (QED) is 0.769. The molecule has 2 aliphatic heterocycles. The second-order valence-electron chi connectivity index (χ2n) is 5.28. The molecule has 1 saturated heterocycles. The Hall–Kier alpha value is -1.13. The van der Waals surface area contributed by atoms with Gasteiger partial charge in [-0.25, -0.2) is 4.39 Å². The first-order valence-corrected chi connectivity index (χ1v) is 6.31. The molecule has 0 saturated carbocycles. The first-order valence-electron chi connectivity index (χ1n) is 6.31. The largest absolute Gasteiger partial charge is 0.487 e. The lowest BCUT2D eigenvalue weighted by Crippen LogP contribution is -2.37. The van der Waals surface area contributed by atoms with Gasteiger partial charge >= 0.3 is 0 Å². The summed E-state index contributed by atoms with van der Waals surface area (Å²) in [6.07, 6.45) is 1.32. The van der Waals surface area contributed by atoms with Gasteiger partial charge in [0, 0.05) is 5.56 Å². The maximum absolute atomic E-state index is 13.6. The minimum Gasteiger partial charge on any atom is -0.487 e. The molecule has 3 rings (SSSR count). The summed E-state index contributed by atoms with van der Waals surface area (Å²) in [7, 11) is 0. The van der Waals surface area contributed by atoms with Crippen molar-refractivity contribution in [2.75, 3.05) is 6.61 Å². The van der Waals surface area contributed by atoms with Crippen molar-refractivity contribution >= 4 is 0 Å². The molecular formula is C14H17FO3. The summed E-state index contributed by atoms with van der Waals surface area (Å²) in [4.78, 5) is 0. The van der Waals surface area contributed by atoms with Crippen LogP contribution in [0.2, 0.25) is 0 Å². The molecule has 2 atom stereocenters. The molecule has 4 heteroatoms. The molecule has 0 bridgehead atoms. The van der Waals surface area contributed by atoms with Gasteiger partial charge in [0.2, 0.25) is 0 Å². The van der Waals surface area contributed by atoms with Gasteiger partial charge in [0.15, 0.2) is 5.79 Å². The van der Waals surface area contributed by atoms with Crippen LogP contribution in [0.1, 0.15) is 25.8 Å². The maximum Gasteiger partial charge on any atom is 0.163 e. The van der Waals surface area contributed by atoms with Crippen LogP contribution in [-0.4, -0.2) is 24.6 Å². The highest BCUT2D eigenvalue weighted by Gasteiger charge is 2.39. The molecule has 1 aromatic carbocycles.